The number of benzene rings is 3. The minimum atomic E-state index is -0.628. The lowest BCUT2D eigenvalue weighted by atomic mass is 10.1. The van der Waals surface area contributed by atoms with Crippen molar-refractivity contribution < 1.29 is 9.21 Å². The molecule has 12 heteroatoms. The minimum absolute atomic E-state index is 0.164. The van der Waals surface area contributed by atoms with E-state index in [1.807, 2.05) is 59.2 Å². The average Bonchev–Trinajstić information content (AvgIpc) is 3.45. The van der Waals surface area contributed by atoms with Crippen molar-refractivity contribution in [1.82, 2.24) is 24.4 Å². The summed E-state index contributed by atoms with van der Waals surface area (Å²) in [6.45, 7) is 0.0543. The predicted molar refractivity (Wildman–Crippen MR) is 147 cm³/mol. The molecule has 2 heterocycles. The normalized spacial score (nSPS) is 11.6. The Hall–Kier alpha value is -4.54. The Balaban J connectivity index is 1.37. The zero-order valence-corrected chi connectivity index (χ0v) is 22.0. The summed E-state index contributed by atoms with van der Waals surface area (Å²) in [6, 6.07) is 24.2. The van der Waals surface area contributed by atoms with Crippen molar-refractivity contribution in [3.8, 4) is 11.3 Å². The Bertz CT molecular complexity index is 1720. The topological polar surface area (TPSA) is 125 Å². The molecule has 10 nitrogen and oxygen atoms in total. The van der Waals surface area contributed by atoms with Gasteiger partial charge in [0.1, 0.15) is 12.8 Å². The van der Waals surface area contributed by atoms with E-state index in [4.69, 9.17) is 33.5 Å². The van der Waals surface area contributed by atoms with E-state index in [-0.39, 0.29) is 12.2 Å². The SMILES string of the molecule is Nn1c(Cc2ccc(Cl)cc2)nn(CC(=O)N/N=c2\occ(-c3ccc(Cl)cc3)n2Cc2ccccc2)c1=O. The maximum atomic E-state index is 12.7. The highest BCUT2D eigenvalue weighted by Gasteiger charge is 2.15. The van der Waals surface area contributed by atoms with Crippen LogP contribution >= 0.6 is 23.2 Å². The van der Waals surface area contributed by atoms with Crippen LogP contribution in [0.4, 0.5) is 0 Å². The molecule has 0 saturated carbocycles. The Morgan fingerprint density at radius 1 is 0.949 bits per heavy atom. The molecule has 5 aromatic rings. The molecule has 0 spiro atoms. The third kappa shape index (κ3) is 6.14. The molecule has 39 heavy (non-hydrogen) atoms. The first kappa shape index (κ1) is 26.1. The van der Waals surface area contributed by atoms with Crippen LogP contribution in [0.15, 0.2) is 99.4 Å². The van der Waals surface area contributed by atoms with Crippen LogP contribution in [0.2, 0.25) is 10.0 Å². The van der Waals surface area contributed by atoms with Gasteiger partial charge in [-0.1, -0.05) is 77.8 Å². The summed E-state index contributed by atoms with van der Waals surface area (Å²) in [5.41, 5.74) is 5.46. The van der Waals surface area contributed by atoms with Gasteiger partial charge in [-0.05, 0) is 35.4 Å². The van der Waals surface area contributed by atoms with Crippen LogP contribution in [-0.4, -0.2) is 24.9 Å². The molecule has 0 atom stereocenters. The molecule has 0 aliphatic carbocycles. The zero-order chi connectivity index (χ0) is 27.4. The summed E-state index contributed by atoms with van der Waals surface area (Å²) < 4.78 is 9.43. The molecule has 198 valence electrons. The monoisotopic (exact) mass is 563 g/mol. The van der Waals surface area contributed by atoms with Gasteiger partial charge in [0.15, 0.2) is 5.82 Å². The van der Waals surface area contributed by atoms with Crippen molar-refractivity contribution in [3.05, 3.63) is 128 Å². The van der Waals surface area contributed by atoms with E-state index in [1.54, 1.807) is 30.5 Å². The molecular formula is C27H23Cl2N7O3. The summed E-state index contributed by atoms with van der Waals surface area (Å²) in [5.74, 6) is 5.61. The molecule has 0 fully saturated rings. The van der Waals surface area contributed by atoms with Gasteiger partial charge in [-0.25, -0.2) is 14.9 Å². The number of nitrogens with zero attached hydrogens (tertiary/aromatic N) is 5. The number of nitrogens with two attached hydrogens (primary N) is 1. The fourth-order valence-corrected chi connectivity index (χ4v) is 4.20. The summed E-state index contributed by atoms with van der Waals surface area (Å²) in [5, 5.41) is 9.59. The number of nitrogen functional groups attached to an aromatic ring is 1. The number of halogens is 2. The van der Waals surface area contributed by atoms with Gasteiger partial charge in [-0.2, -0.15) is 9.77 Å². The molecule has 0 radical (unpaired) electrons. The lowest BCUT2D eigenvalue weighted by Crippen LogP contribution is -2.35. The van der Waals surface area contributed by atoms with Gasteiger partial charge < -0.3 is 10.3 Å². The van der Waals surface area contributed by atoms with E-state index in [9.17, 15) is 9.59 Å². The largest absolute Gasteiger partial charge is 0.430 e. The van der Waals surface area contributed by atoms with Gasteiger partial charge in [-0.15, -0.1) is 5.10 Å². The van der Waals surface area contributed by atoms with Crippen molar-refractivity contribution in [3.63, 3.8) is 0 Å². The summed E-state index contributed by atoms with van der Waals surface area (Å²) in [7, 11) is 0. The van der Waals surface area contributed by atoms with E-state index in [0.29, 0.717) is 28.8 Å². The van der Waals surface area contributed by atoms with Gasteiger partial charge in [0.25, 0.3) is 5.91 Å². The number of hydrogen-bond donors (Lipinski definition) is 2. The Morgan fingerprint density at radius 3 is 2.31 bits per heavy atom. The lowest BCUT2D eigenvalue weighted by Gasteiger charge is -2.08. The van der Waals surface area contributed by atoms with Crippen molar-refractivity contribution in [2.24, 2.45) is 5.10 Å². The number of nitrogens with one attached hydrogen (secondary N) is 1. The maximum absolute atomic E-state index is 12.7. The number of oxazole rings is 1. The van der Waals surface area contributed by atoms with Crippen LogP contribution in [-0.2, 0) is 24.3 Å². The van der Waals surface area contributed by atoms with Crippen molar-refractivity contribution in [1.29, 1.82) is 0 Å². The van der Waals surface area contributed by atoms with Gasteiger partial charge in [0.05, 0.1) is 12.2 Å². The number of carbonyl (C=O) groups excluding carboxylic acids is 1. The van der Waals surface area contributed by atoms with Crippen molar-refractivity contribution >= 4 is 29.1 Å². The molecule has 5 rings (SSSR count). The molecule has 0 saturated heterocycles. The fraction of sp³-hybridized carbons (Fsp3) is 0.111. The molecule has 1 amide bonds. The molecular weight excluding hydrogens is 541 g/mol. The van der Waals surface area contributed by atoms with Crippen LogP contribution in [0.1, 0.15) is 17.0 Å². The Morgan fingerprint density at radius 2 is 1.62 bits per heavy atom. The third-order valence-corrected chi connectivity index (χ3v) is 6.41. The quantitative estimate of drug-likeness (QED) is 0.221. The smallest absolute Gasteiger partial charge is 0.365 e. The maximum Gasteiger partial charge on any atom is 0.365 e. The lowest BCUT2D eigenvalue weighted by molar-refractivity contribution is -0.122. The number of aromatic nitrogens is 4. The molecule has 2 aromatic heterocycles. The standard InChI is InChI=1S/C27H23Cl2N7O3/c28-21-10-6-18(7-11-21)14-24-33-35(27(38)36(24)30)16-25(37)31-32-26-34(15-19-4-2-1-3-5-19)23(17-39-26)20-8-12-22(29)13-9-20/h1-13,17H,14-16,30H2,(H,31,37)/b32-26-. The van der Waals surface area contributed by atoms with E-state index in [2.05, 4.69) is 15.6 Å². The first-order valence-corrected chi connectivity index (χ1v) is 12.6. The highest BCUT2D eigenvalue weighted by atomic mass is 35.5. The van der Waals surface area contributed by atoms with Crippen LogP contribution < -0.4 is 22.6 Å². The van der Waals surface area contributed by atoms with Gasteiger partial charge in [0, 0.05) is 22.0 Å². The predicted octanol–water partition coefficient (Wildman–Crippen LogP) is 3.40. The molecule has 0 bridgehead atoms. The molecule has 0 aliphatic rings. The molecule has 0 unspecified atom stereocenters. The first-order chi connectivity index (χ1) is 18.9. The van der Waals surface area contributed by atoms with E-state index in [1.165, 1.54) is 0 Å². The van der Waals surface area contributed by atoms with E-state index >= 15 is 0 Å². The molecule has 0 aliphatic heterocycles. The van der Waals surface area contributed by atoms with Gasteiger partial charge in [-0.3, -0.25) is 9.36 Å². The average molecular weight is 564 g/mol. The van der Waals surface area contributed by atoms with E-state index < -0.39 is 11.6 Å². The van der Waals surface area contributed by atoms with Crippen molar-refractivity contribution in [2.75, 3.05) is 5.84 Å². The van der Waals surface area contributed by atoms with Crippen LogP contribution in [0.5, 0.6) is 0 Å². The highest BCUT2D eigenvalue weighted by molar-refractivity contribution is 6.30. The summed E-state index contributed by atoms with van der Waals surface area (Å²) in [4.78, 5) is 25.3. The van der Waals surface area contributed by atoms with Gasteiger partial charge in [0.2, 0.25) is 0 Å². The van der Waals surface area contributed by atoms with Crippen molar-refractivity contribution in [2.45, 2.75) is 19.5 Å². The third-order valence-electron chi connectivity index (χ3n) is 5.91. The molecule has 3 N–H and O–H groups in total. The Kier molecular flexibility index (Phi) is 7.67. The van der Waals surface area contributed by atoms with E-state index in [0.717, 1.165) is 31.7 Å². The van der Waals surface area contributed by atoms with Crippen LogP contribution in [0.25, 0.3) is 11.3 Å². The second-order valence-electron chi connectivity index (χ2n) is 8.66. The fourth-order valence-electron chi connectivity index (χ4n) is 3.94. The highest BCUT2D eigenvalue weighted by Crippen LogP contribution is 2.21. The van der Waals surface area contributed by atoms with Crippen LogP contribution in [0, 0.1) is 0 Å². The Labute approximate surface area is 232 Å². The van der Waals surface area contributed by atoms with Gasteiger partial charge >= 0.3 is 11.4 Å². The first-order valence-electron chi connectivity index (χ1n) is 11.9. The number of amides is 1. The second-order valence-corrected chi connectivity index (χ2v) is 9.53. The second kappa shape index (κ2) is 11.5. The minimum Gasteiger partial charge on any atom is -0.430 e. The van der Waals surface area contributed by atoms with Crippen LogP contribution in [0.3, 0.4) is 0 Å². The number of hydrogen-bond acceptors (Lipinski definition) is 6. The number of rotatable bonds is 8. The molecule has 3 aromatic carbocycles. The zero-order valence-electron chi connectivity index (χ0n) is 20.5. The summed E-state index contributed by atoms with van der Waals surface area (Å²) >= 11 is 12.0. The summed E-state index contributed by atoms with van der Waals surface area (Å²) in [6.07, 6.45) is 1.85. The number of carbonyl (C=O) groups is 1.